The lowest BCUT2D eigenvalue weighted by Crippen LogP contribution is -2.33. The molecule has 0 saturated carbocycles. The molecule has 0 aromatic heterocycles. The first-order chi connectivity index (χ1) is 36.9. The van der Waals surface area contributed by atoms with Crippen LogP contribution in [0.5, 0.6) is 0 Å². The van der Waals surface area contributed by atoms with E-state index in [2.05, 4.69) is 259 Å². The van der Waals surface area contributed by atoms with E-state index in [0.717, 1.165) is 62.7 Å². The smallest absolute Gasteiger partial charge is 0.0468 e. The lowest BCUT2D eigenvalue weighted by Gasteiger charge is -2.42. The number of hydrogen-bond acceptors (Lipinski definition) is 2. The molecule has 0 radical (unpaired) electrons. The van der Waals surface area contributed by atoms with E-state index in [4.69, 9.17) is 0 Å². The van der Waals surface area contributed by atoms with Crippen LogP contribution in [-0.2, 0) is 51.4 Å². The van der Waals surface area contributed by atoms with Crippen molar-refractivity contribution in [3.05, 3.63) is 250 Å². The topological polar surface area (TPSA) is 6.48 Å². The fourth-order valence-corrected chi connectivity index (χ4v) is 13.2. The minimum atomic E-state index is -0.0828. The predicted molar refractivity (Wildman–Crippen MR) is 327 cm³/mol. The zero-order valence-electron chi connectivity index (χ0n) is 46.9. The number of rotatable bonds is 18. The molecule has 2 atom stereocenters. The summed E-state index contributed by atoms with van der Waals surface area (Å²) < 4.78 is 0. The van der Waals surface area contributed by atoms with Gasteiger partial charge in [-0.1, -0.05) is 177 Å². The third-order valence-electron chi connectivity index (χ3n) is 19.9. The van der Waals surface area contributed by atoms with Gasteiger partial charge in [0.1, 0.15) is 0 Å². The van der Waals surface area contributed by atoms with Gasteiger partial charge in [0.25, 0.3) is 0 Å². The molecule has 0 heterocycles. The third kappa shape index (κ3) is 9.35. The Morgan fingerprint density at radius 3 is 1.14 bits per heavy atom. The molecule has 0 N–H and O–H groups in total. The Bertz CT molecular complexity index is 3250. The molecule has 0 bridgehead atoms. The molecule has 2 unspecified atom stereocenters. The van der Waals surface area contributed by atoms with Crippen molar-refractivity contribution in [2.24, 2.45) is 21.7 Å². The molecule has 2 nitrogen and oxygen atoms in total. The summed E-state index contributed by atoms with van der Waals surface area (Å²) in [6, 6.07) is 51.4. The average molecular weight is 997 g/mol. The zero-order chi connectivity index (χ0) is 52.7. The minimum absolute atomic E-state index is 0.0828. The van der Waals surface area contributed by atoms with E-state index in [9.17, 15) is 0 Å². The van der Waals surface area contributed by atoms with Gasteiger partial charge in [0.15, 0.2) is 0 Å². The quantitative estimate of drug-likeness (QED) is 0.0791. The predicted octanol–water partition coefficient (Wildman–Crippen LogP) is 19.7. The number of fused-ring (bicyclic) bond motifs is 5. The second-order valence-corrected chi connectivity index (χ2v) is 23.6. The Balaban J connectivity index is 1.12. The summed E-state index contributed by atoms with van der Waals surface area (Å²) in [4.78, 5) is 4.98. The highest BCUT2D eigenvalue weighted by molar-refractivity contribution is 6.13. The summed E-state index contributed by atoms with van der Waals surface area (Å²) in [5.41, 5.74) is 19.1. The maximum atomic E-state index is 2.54. The van der Waals surface area contributed by atoms with E-state index in [1.165, 1.54) is 115 Å². The van der Waals surface area contributed by atoms with Gasteiger partial charge in [-0.25, -0.2) is 0 Å². The summed E-state index contributed by atoms with van der Waals surface area (Å²) in [6.07, 6.45) is 37.1. The number of para-hydroxylation sites is 2. The molecule has 386 valence electrons. The molecular formula is C74H80N2. The SMILES string of the molecule is CCC(C)(CC)C1(C)C=CC=C(N(c2ccccc2)c2ccc3c(c2)c(CCc2ccc4c(c2)CC4)c(CCc2ccc4c(c2)CC4)c2cc(N(C4=CC=CC(C)(C(C)(CC)CC)C=C4)c4ccccc4)ccc23)C=C1. The highest BCUT2D eigenvalue weighted by Gasteiger charge is 2.40. The van der Waals surface area contributed by atoms with Crippen LogP contribution in [0.15, 0.2) is 206 Å². The number of nitrogens with zero attached hydrogens (tertiary/aromatic N) is 2. The van der Waals surface area contributed by atoms with Crippen LogP contribution in [0, 0.1) is 21.7 Å². The molecule has 7 aromatic rings. The molecule has 0 saturated heterocycles. The number of benzene rings is 7. The molecule has 2 heteroatoms. The van der Waals surface area contributed by atoms with Crippen LogP contribution in [0.25, 0.3) is 21.5 Å². The standard InChI is InChI=1S/C74H80N2/c1-9-71(5,10-2)73(7)45-19-25-61(43-47-73)75(59-21-15-13-16-22-59)63-37-41-67-68-42-38-64(76(60-23-17-14-18-24-60)62-26-20-46-74(8,48-44-62)72(6,11-3)12-4)52-70(68)66(40-30-54-28-32-56-34-36-58(56)50-54)65(69(67)51-63)39-29-53-27-31-55-33-35-57(55)49-53/h13-28,31-32,37-38,41-52H,9-12,29-30,33-36,39-40H2,1-8H3. The number of aryl methyl sites for hydroxylation is 8. The van der Waals surface area contributed by atoms with Gasteiger partial charge in [-0.2, -0.15) is 0 Å². The van der Waals surface area contributed by atoms with Gasteiger partial charge in [0.2, 0.25) is 0 Å². The molecule has 0 fully saturated rings. The monoisotopic (exact) mass is 997 g/mol. The molecule has 4 aliphatic rings. The molecule has 4 aliphatic carbocycles. The lowest BCUT2D eigenvalue weighted by molar-refractivity contribution is 0.155. The minimum Gasteiger partial charge on any atom is -0.310 e. The molecule has 0 aliphatic heterocycles. The van der Waals surface area contributed by atoms with Crippen LogP contribution in [0.1, 0.15) is 126 Å². The number of hydrogen-bond donors (Lipinski definition) is 0. The third-order valence-corrected chi connectivity index (χ3v) is 19.9. The van der Waals surface area contributed by atoms with Crippen LogP contribution in [0.3, 0.4) is 0 Å². The first-order valence-electron chi connectivity index (χ1n) is 29.0. The van der Waals surface area contributed by atoms with Crippen LogP contribution in [0.2, 0.25) is 0 Å². The molecule has 0 spiro atoms. The highest BCUT2D eigenvalue weighted by Crippen LogP contribution is 2.50. The van der Waals surface area contributed by atoms with Gasteiger partial charge in [-0.05, 0) is 227 Å². The van der Waals surface area contributed by atoms with Gasteiger partial charge >= 0.3 is 0 Å². The molecule has 7 aromatic carbocycles. The van der Waals surface area contributed by atoms with Crippen LogP contribution in [0.4, 0.5) is 22.7 Å². The van der Waals surface area contributed by atoms with Gasteiger partial charge in [-0.15, -0.1) is 0 Å². The van der Waals surface area contributed by atoms with Crippen molar-refractivity contribution in [3.8, 4) is 0 Å². The van der Waals surface area contributed by atoms with Crippen molar-refractivity contribution in [2.45, 2.75) is 132 Å². The van der Waals surface area contributed by atoms with E-state index < -0.39 is 0 Å². The van der Waals surface area contributed by atoms with Gasteiger partial charge in [0.05, 0.1) is 0 Å². The van der Waals surface area contributed by atoms with Crippen molar-refractivity contribution < 1.29 is 0 Å². The van der Waals surface area contributed by atoms with Gasteiger partial charge in [0, 0.05) is 45.0 Å². The lowest BCUT2D eigenvalue weighted by atomic mass is 9.62. The second-order valence-electron chi connectivity index (χ2n) is 23.6. The summed E-state index contributed by atoms with van der Waals surface area (Å²) in [7, 11) is 0. The normalized spacial score (nSPS) is 18.8. The second kappa shape index (κ2) is 20.9. The fourth-order valence-electron chi connectivity index (χ4n) is 13.2. The van der Waals surface area contributed by atoms with E-state index in [1.807, 2.05) is 0 Å². The van der Waals surface area contributed by atoms with Crippen molar-refractivity contribution in [2.75, 3.05) is 9.80 Å². The van der Waals surface area contributed by atoms with Crippen LogP contribution < -0.4 is 9.80 Å². The van der Waals surface area contributed by atoms with Crippen molar-refractivity contribution >= 4 is 44.3 Å². The van der Waals surface area contributed by atoms with E-state index in [-0.39, 0.29) is 21.7 Å². The summed E-state index contributed by atoms with van der Waals surface area (Å²) in [6.45, 7) is 19.1. The van der Waals surface area contributed by atoms with Crippen molar-refractivity contribution in [1.82, 2.24) is 0 Å². The maximum absolute atomic E-state index is 2.54. The van der Waals surface area contributed by atoms with Crippen LogP contribution >= 0.6 is 0 Å². The number of allylic oxidation sites excluding steroid dienone is 10. The van der Waals surface area contributed by atoms with Gasteiger partial charge in [-0.3, -0.25) is 0 Å². The summed E-state index contributed by atoms with van der Waals surface area (Å²) in [5.74, 6) is 0. The maximum Gasteiger partial charge on any atom is 0.0468 e. The van der Waals surface area contributed by atoms with E-state index in [1.54, 1.807) is 0 Å². The first kappa shape index (κ1) is 51.2. The van der Waals surface area contributed by atoms with Crippen LogP contribution in [-0.4, -0.2) is 0 Å². The molecule has 0 amide bonds. The van der Waals surface area contributed by atoms with E-state index >= 15 is 0 Å². The molecule has 76 heavy (non-hydrogen) atoms. The van der Waals surface area contributed by atoms with Crippen molar-refractivity contribution in [1.29, 1.82) is 0 Å². The van der Waals surface area contributed by atoms with Crippen molar-refractivity contribution in [3.63, 3.8) is 0 Å². The van der Waals surface area contributed by atoms with E-state index in [0.29, 0.717) is 0 Å². The molecular weight excluding hydrogens is 917 g/mol. The Morgan fingerprint density at radius 1 is 0.395 bits per heavy atom. The first-order valence-corrected chi connectivity index (χ1v) is 29.0. The zero-order valence-corrected chi connectivity index (χ0v) is 46.9. The van der Waals surface area contributed by atoms with Gasteiger partial charge < -0.3 is 9.80 Å². The fraction of sp³-hybridized carbons (Fsp3) is 0.324. The average Bonchev–Trinajstić information content (AvgIpc) is 3.78. The molecule has 11 rings (SSSR count). The highest BCUT2D eigenvalue weighted by atomic mass is 15.2. The Kier molecular flexibility index (Phi) is 14.1. The Labute approximate surface area is 456 Å². The summed E-state index contributed by atoms with van der Waals surface area (Å²) >= 11 is 0. The number of anilines is 4. The summed E-state index contributed by atoms with van der Waals surface area (Å²) in [5, 5.41) is 5.33. The largest absolute Gasteiger partial charge is 0.310 e. The Hall–Kier alpha value is -6.90. The Morgan fingerprint density at radius 2 is 0.789 bits per heavy atom.